The first-order chi connectivity index (χ1) is 6.27. The molecule has 1 fully saturated rings. The van der Waals surface area contributed by atoms with Crippen LogP contribution in [0.2, 0.25) is 0 Å². The summed E-state index contributed by atoms with van der Waals surface area (Å²) in [6.45, 7) is 8.07. The van der Waals surface area contributed by atoms with Crippen LogP contribution in [0.4, 0.5) is 0 Å². The van der Waals surface area contributed by atoms with Crippen molar-refractivity contribution in [2.75, 3.05) is 26.2 Å². The lowest BCUT2D eigenvalue weighted by Gasteiger charge is -2.36. The summed E-state index contributed by atoms with van der Waals surface area (Å²) < 4.78 is 5.63. The van der Waals surface area contributed by atoms with Crippen molar-refractivity contribution in [2.24, 2.45) is 5.73 Å². The van der Waals surface area contributed by atoms with E-state index < -0.39 is 0 Å². The first-order valence-electron chi connectivity index (χ1n) is 5.33. The van der Waals surface area contributed by atoms with E-state index in [1.54, 1.807) is 0 Å². The topological polar surface area (TPSA) is 38.5 Å². The van der Waals surface area contributed by atoms with Crippen LogP contribution < -0.4 is 5.73 Å². The van der Waals surface area contributed by atoms with Gasteiger partial charge in [0.05, 0.1) is 6.10 Å². The number of nitrogens with zero attached hydrogens (tertiary/aromatic N) is 1. The average molecular weight is 186 g/mol. The van der Waals surface area contributed by atoms with Crippen LogP contribution >= 0.6 is 0 Å². The predicted octanol–water partition coefficient (Wildman–Crippen LogP) is 0.834. The Balaban J connectivity index is 2.32. The van der Waals surface area contributed by atoms with E-state index >= 15 is 0 Å². The standard InChI is InChI=1S/C10H22N2O/c1-3-13-10-5-4-6-12(8-10)9(2)7-11/h9-10H,3-8,11H2,1-2H3. The predicted molar refractivity (Wildman–Crippen MR) is 54.7 cm³/mol. The number of piperidine rings is 1. The fourth-order valence-electron chi connectivity index (χ4n) is 1.89. The molecule has 0 aromatic heterocycles. The summed E-state index contributed by atoms with van der Waals surface area (Å²) in [5.74, 6) is 0. The van der Waals surface area contributed by atoms with Crippen LogP contribution in [0.5, 0.6) is 0 Å². The van der Waals surface area contributed by atoms with E-state index in [1.807, 2.05) is 0 Å². The number of nitrogens with two attached hydrogens (primary N) is 1. The van der Waals surface area contributed by atoms with Crippen LogP contribution in [0.3, 0.4) is 0 Å². The van der Waals surface area contributed by atoms with Gasteiger partial charge in [0.25, 0.3) is 0 Å². The number of hydrogen-bond acceptors (Lipinski definition) is 3. The second-order valence-corrected chi connectivity index (χ2v) is 3.80. The lowest BCUT2D eigenvalue weighted by molar-refractivity contribution is -0.00390. The lowest BCUT2D eigenvalue weighted by atomic mass is 10.1. The minimum Gasteiger partial charge on any atom is -0.377 e. The molecular weight excluding hydrogens is 164 g/mol. The highest BCUT2D eigenvalue weighted by Crippen LogP contribution is 2.14. The first-order valence-corrected chi connectivity index (χ1v) is 5.33. The van der Waals surface area contributed by atoms with E-state index in [1.165, 1.54) is 19.4 Å². The van der Waals surface area contributed by atoms with Gasteiger partial charge in [-0.25, -0.2) is 0 Å². The van der Waals surface area contributed by atoms with Gasteiger partial charge >= 0.3 is 0 Å². The Bertz CT molecular complexity index is 139. The van der Waals surface area contributed by atoms with Crippen molar-refractivity contribution in [3.63, 3.8) is 0 Å². The van der Waals surface area contributed by atoms with Crippen LogP contribution in [-0.2, 0) is 4.74 Å². The van der Waals surface area contributed by atoms with Crippen LogP contribution in [0.25, 0.3) is 0 Å². The average Bonchev–Trinajstić information content (AvgIpc) is 2.18. The zero-order chi connectivity index (χ0) is 9.68. The monoisotopic (exact) mass is 186 g/mol. The Morgan fingerprint density at radius 1 is 1.62 bits per heavy atom. The summed E-state index contributed by atoms with van der Waals surface area (Å²) in [6, 6.07) is 0.503. The minimum absolute atomic E-state index is 0.438. The van der Waals surface area contributed by atoms with Crippen molar-refractivity contribution in [3.05, 3.63) is 0 Å². The van der Waals surface area contributed by atoms with Crippen LogP contribution in [-0.4, -0.2) is 43.3 Å². The third kappa shape index (κ3) is 3.25. The summed E-state index contributed by atoms with van der Waals surface area (Å²) in [6.07, 6.45) is 2.89. The molecular formula is C10H22N2O. The van der Waals surface area contributed by atoms with Crippen LogP contribution in [0, 0.1) is 0 Å². The normalized spacial score (nSPS) is 27.5. The smallest absolute Gasteiger partial charge is 0.0702 e. The quantitative estimate of drug-likeness (QED) is 0.707. The second-order valence-electron chi connectivity index (χ2n) is 3.80. The molecule has 1 heterocycles. The Morgan fingerprint density at radius 2 is 2.38 bits per heavy atom. The van der Waals surface area contributed by atoms with Gasteiger partial charge in [-0.15, -0.1) is 0 Å². The van der Waals surface area contributed by atoms with Crippen molar-refractivity contribution in [1.29, 1.82) is 0 Å². The third-order valence-electron chi connectivity index (χ3n) is 2.78. The van der Waals surface area contributed by atoms with Gasteiger partial charge < -0.3 is 10.5 Å². The molecule has 3 heteroatoms. The second kappa shape index (κ2) is 5.58. The van der Waals surface area contributed by atoms with Crippen molar-refractivity contribution >= 4 is 0 Å². The molecule has 2 unspecified atom stereocenters. The van der Waals surface area contributed by atoms with Gasteiger partial charge in [0.1, 0.15) is 0 Å². The van der Waals surface area contributed by atoms with E-state index in [0.29, 0.717) is 12.1 Å². The van der Waals surface area contributed by atoms with Gasteiger partial charge in [0, 0.05) is 25.7 Å². The fraction of sp³-hybridized carbons (Fsp3) is 1.00. The van der Waals surface area contributed by atoms with Gasteiger partial charge in [-0.1, -0.05) is 0 Å². The Kier molecular flexibility index (Phi) is 4.70. The van der Waals surface area contributed by atoms with Crippen molar-refractivity contribution in [1.82, 2.24) is 4.90 Å². The van der Waals surface area contributed by atoms with Gasteiger partial charge in [-0.05, 0) is 33.2 Å². The molecule has 1 aliphatic heterocycles. The molecule has 0 spiro atoms. The molecule has 13 heavy (non-hydrogen) atoms. The van der Waals surface area contributed by atoms with E-state index in [9.17, 15) is 0 Å². The molecule has 0 radical (unpaired) electrons. The summed E-state index contributed by atoms with van der Waals surface area (Å²) in [5, 5.41) is 0. The highest BCUT2D eigenvalue weighted by atomic mass is 16.5. The van der Waals surface area contributed by atoms with E-state index in [-0.39, 0.29) is 0 Å². The maximum Gasteiger partial charge on any atom is 0.0702 e. The zero-order valence-electron chi connectivity index (χ0n) is 8.83. The molecule has 0 aliphatic carbocycles. The maximum absolute atomic E-state index is 5.64. The highest BCUT2D eigenvalue weighted by molar-refractivity contribution is 4.77. The van der Waals surface area contributed by atoms with Gasteiger partial charge in [0.15, 0.2) is 0 Å². The Morgan fingerprint density at radius 3 is 3.00 bits per heavy atom. The Labute approximate surface area is 81.2 Å². The largest absolute Gasteiger partial charge is 0.377 e. The van der Waals surface area contributed by atoms with Crippen molar-refractivity contribution < 1.29 is 4.74 Å². The third-order valence-corrected chi connectivity index (χ3v) is 2.78. The molecule has 1 saturated heterocycles. The molecule has 1 rings (SSSR count). The first kappa shape index (κ1) is 11.0. The molecule has 0 bridgehead atoms. The van der Waals surface area contributed by atoms with Crippen molar-refractivity contribution in [3.8, 4) is 0 Å². The van der Waals surface area contributed by atoms with E-state index in [4.69, 9.17) is 10.5 Å². The van der Waals surface area contributed by atoms with Gasteiger partial charge in [-0.3, -0.25) is 4.90 Å². The van der Waals surface area contributed by atoms with Gasteiger partial charge in [0.2, 0.25) is 0 Å². The van der Waals surface area contributed by atoms with E-state index in [0.717, 1.165) is 19.7 Å². The molecule has 0 amide bonds. The summed E-state index contributed by atoms with van der Waals surface area (Å²) >= 11 is 0. The minimum atomic E-state index is 0.438. The van der Waals surface area contributed by atoms with E-state index in [2.05, 4.69) is 18.7 Å². The molecule has 0 aromatic rings. The summed E-state index contributed by atoms with van der Waals surface area (Å²) in [4.78, 5) is 2.43. The number of likely N-dealkylation sites (tertiary alicyclic amines) is 1. The van der Waals surface area contributed by atoms with Gasteiger partial charge in [-0.2, -0.15) is 0 Å². The number of hydrogen-bond donors (Lipinski definition) is 1. The molecule has 0 aromatic carbocycles. The van der Waals surface area contributed by atoms with Crippen LogP contribution in [0.15, 0.2) is 0 Å². The fourth-order valence-corrected chi connectivity index (χ4v) is 1.89. The maximum atomic E-state index is 5.64. The molecule has 78 valence electrons. The molecule has 2 N–H and O–H groups in total. The summed E-state index contributed by atoms with van der Waals surface area (Å²) in [5.41, 5.74) is 5.64. The molecule has 1 aliphatic rings. The SMILES string of the molecule is CCOC1CCCN(C(C)CN)C1. The number of rotatable bonds is 4. The molecule has 2 atom stereocenters. The molecule has 3 nitrogen and oxygen atoms in total. The van der Waals surface area contributed by atoms with Crippen molar-refractivity contribution in [2.45, 2.75) is 38.8 Å². The highest BCUT2D eigenvalue weighted by Gasteiger charge is 2.22. The summed E-state index contributed by atoms with van der Waals surface area (Å²) in [7, 11) is 0. The lowest BCUT2D eigenvalue weighted by Crippen LogP contribution is -2.47. The molecule has 0 saturated carbocycles. The number of ether oxygens (including phenoxy) is 1. The Hall–Kier alpha value is -0.120. The zero-order valence-corrected chi connectivity index (χ0v) is 8.83. The van der Waals surface area contributed by atoms with Crippen LogP contribution in [0.1, 0.15) is 26.7 Å².